The van der Waals surface area contributed by atoms with Crippen LogP contribution in [0.3, 0.4) is 0 Å². The first-order chi connectivity index (χ1) is 11.5. The van der Waals surface area contributed by atoms with Gasteiger partial charge in [0, 0.05) is 5.56 Å². The van der Waals surface area contributed by atoms with E-state index in [-0.39, 0.29) is 12.3 Å². The SMILES string of the molecule is COc1cccc(C(=O)CN2C(=O)N[C@@](C)(c3ccco3)C2=O)c1. The van der Waals surface area contributed by atoms with Crippen molar-refractivity contribution >= 4 is 17.7 Å². The number of carbonyl (C=O) groups excluding carboxylic acids is 3. The van der Waals surface area contributed by atoms with E-state index in [9.17, 15) is 14.4 Å². The Morgan fingerprint density at radius 1 is 1.29 bits per heavy atom. The van der Waals surface area contributed by atoms with Gasteiger partial charge in [-0.25, -0.2) is 4.79 Å². The third kappa shape index (κ3) is 2.54. The van der Waals surface area contributed by atoms with Crippen molar-refractivity contribution in [2.75, 3.05) is 13.7 Å². The van der Waals surface area contributed by atoms with Gasteiger partial charge in [-0.2, -0.15) is 0 Å². The number of methoxy groups -OCH3 is 1. The second-order valence-electron chi connectivity index (χ2n) is 5.58. The fraction of sp³-hybridized carbons (Fsp3) is 0.235. The monoisotopic (exact) mass is 328 g/mol. The molecule has 3 rings (SSSR count). The van der Waals surface area contributed by atoms with Crippen molar-refractivity contribution in [3.8, 4) is 5.75 Å². The number of urea groups is 1. The molecule has 3 amide bonds. The summed E-state index contributed by atoms with van der Waals surface area (Å²) in [4.78, 5) is 38.1. The maximum Gasteiger partial charge on any atom is 0.325 e. The van der Waals surface area contributed by atoms with E-state index in [1.807, 2.05) is 0 Å². The largest absolute Gasteiger partial charge is 0.497 e. The van der Waals surface area contributed by atoms with Gasteiger partial charge in [0.05, 0.1) is 19.9 Å². The molecule has 1 N–H and O–H groups in total. The lowest BCUT2D eigenvalue weighted by Crippen LogP contribution is -2.41. The van der Waals surface area contributed by atoms with E-state index in [4.69, 9.17) is 9.15 Å². The molecule has 1 aliphatic heterocycles. The quantitative estimate of drug-likeness (QED) is 0.669. The van der Waals surface area contributed by atoms with Crippen LogP contribution in [-0.4, -0.2) is 36.3 Å². The van der Waals surface area contributed by atoms with E-state index in [0.717, 1.165) is 4.90 Å². The fourth-order valence-corrected chi connectivity index (χ4v) is 2.60. The normalized spacial score (nSPS) is 20.2. The number of rotatable bonds is 5. The van der Waals surface area contributed by atoms with Crippen molar-refractivity contribution in [3.05, 3.63) is 54.0 Å². The number of nitrogens with zero attached hydrogens (tertiary/aromatic N) is 1. The predicted octanol–water partition coefficient (Wildman–Crippen LogP) is 1.94. The van der Waals surface area contributed by atoms with Crippen molar-refractivity contribution in [2.45, 2.75) is 12.5 Å². The number of carbonyl (C=O) groups is 3. The Kier molecular flexibility index (Phi) is 3.84. The zero-order valence-electron chi connectivity index (χ0n) is 13.2. The van der Waals surface area contributed by atoms with Gasteiger partial charge in [-0.15, -0.1) is 0 Å². The van der Waals surface area contributed by atoms with Crippen LogP contribution in [0.5, 0.6) is 5.75 Å². The van der Waals surface area contributed by atoms with Crippen molar-refractivity contribution < 1.29 is 23.5 Å². The highest BCUT2D eigenvalue weighted by atomic mass is 16.5. The molecule has 2 aromatic rings. The zero-order chi connectivity index (χ0) is 17.3. The number of amides is 3. The van der Waals surface area contributed by atoms with Gasteiger partial charge < -0.3 is 14.5 Å². The van der Waals surface area contributed by atoms with E-state index >= 15 is 0 Å². The van der Waals surface area contributed by atoms with Gasteiger partial charge in [-0.3, -0.25) is 14.5 Å². The Labute approximate surface area is 138 Å². The van der Waals surface area contributed by atoms with Crippen LogP contribution in [0.4, 0.5) is 4.79 Å². The zero-order valence-corrected chi connectivity index (χ0v) is 13.2. The molecule has 0 spiro atoms. The topological polar surface area (TPSA) is 88.8 Å². The summed E-state index contributed by atoms with van der Waals surface area (Å²) in [7, 11) is 1.50. The lowest BCUT2D eigenvalue weighted by molar-refractivity contribution is -0.131. The predicted molar refractivity (Wildman–Crippen MR) is 83.6 cm³/mol. The third-order valence-electron chi connectivity index (χ3n) is 3.98. The van der Waals surface area contributed by atoms with Gasteiger partial charge in [-0.05, 0) is 31.2 Å². The Morgan fingerprint density at radius 3 is 2.75 bits per heavy atom. The van der Waals surface area contributed by atoms with Crippen molar-refractivity contribution in [3.63, 3.8) is 0 Å². The van der Waals surface area contributed by atoms with Crippen LogP contribution in [0.25, 0.3) is 0 Å². The summed E-state index contributed by atoms with van der Waals surface area (Å²) < 4.78 is 10.3. The summed E-state index contributed by atoms with van der Waals surface area (Å²) in [6, 6.07) is 9.15. The fourth-order valence-electron chi connectivity index (χ4n) is 2.60. The summed E-state index contributed by atoms with van der Waals surface area (Å²) in [6.07, 6.45) is 1.42. The lowest BCUT2D eigenvalue weighted by Gasteiger charge is -2.18. The van der Waals surface area contributed by atoms with Gasteiger partial charge in [0.15, 0.2) is 11.3 Å². The molecule has 1 aromatic heterocycles. The standard InChI is InChI=1S/C17H16N2O5/c1-17(14-7-4-8-24-14)15(21)19(16(22)18-17)10-13(20)11-5-3-6-12(9-11)23-2/h3-9H,10H2,1-2H3,(H,18,22)/t17-/m0/s1. The molecular weight excluding hydrogens is 312 g/mol. The molecule has 0 radical (unpaired) electrons. The van der Waals surface area contributed by atoms with E-state index in [0.29, 0.717) is 17.1 Å². The number of benzene rings is 1. The Morgan fingerprint density at radius 2 is 2.08 bits per heavy atom. The Bertz CT molecular complexity index is 799. The third-order valence-corrected chi connectivity index (χ3v) is 3.98. The summed E-state index contributed by atoms with van der Waals surface area (Å²) in [5, 5.41) is 2.58. The van der Waals surface area contributed by atoms with Gasteiger partial charge in [-0.1, -0.05) is 12.1 Å². The van der Waals surface area contributed by atoms with E-state index in [1.165, 1.54) is 13.4 Å². The first-order valence-corrected chi connectivity index (χ1v) is 7.31. The molecular formula is C17H16N2O5. The molecule has 1 fully saturated rings. The Balaban J connectivity index is 1.81. The molecule has 124 valence electrons. The molecule has 0 aliphatic carbocycles. The smallest absolute Gasteiger partial charge is 0.325 e. The average Bonchev–Trinajstić information content (AvgIpc) is 3.19. The minimum absolute atomic E-state index is 0.317. The molecule has 7 nitrogen and oxygen atoms in total. The second kappa shape index (κ2) is 5.84. The number of furan rings is 1. The molecule has 0 saturated carbocycles. The van der Waals surface area contributed by atoms with Crippen LogP contribution in [0, 0.1) is 0 Å². The van der Waals surface area contributed by atoms with Gasteiger partial charge in [0.1, 0.15) is 11.5 Å². The lowest BCUT2D eigenvalue weighted by atomic mass is 9.99. The number of hydrogen-bond donors (Lipinski definition) is 1. The summed E-state index contributed by atoms with van der Waals surface area (Å²) >= 11 is 0. The minimum Gasteiger partial charge on any atom is -0.497 e. The Hall–Kier alpha value is -3.09. The second-order valence-corrected chi connectivity index (χ2v) is 5.58. The number of hydrogen-bond acceptors (Lipinski definition) is 5. The number of ketones is 1. The highest BCUT2D eigenvalue weighted by Crippen LogP contribution is 2.29. The highest BCUT2D eigenvalue weighted by Gasteiger charge is 2.51. The van der Waals surface area contributed by atoms with Crippen LogP contribution in [-0.2, 0) is 10.3 Å². The van der Waals surface area contributed by atoms with Crippen LogP contribution in [0.15, 0.2) is 47.1 Å². The van der Waals surface area contributed by atoms with Gasteiger partial charge in [0.2, 0.25) is 0 Å². The van der Waals surface area contributed by atoms with E-state index < -0.39 is 17.5 Å². The van der Waals surface area contributed by atoms with Crippen LogP contribution in [0.1, 0.15) is 23.0 Å². The van der Waals surface area contributed by atoms with Crippen LogP contribution < -0.4 is 10.1 Å². The van der Waals surface area contributed by atoms with Crippen molar-refractivity contribution in [1.29, 1.82) is 0 Å². The van der Waals surface area contributed by atoms with Gasteiger partial charge >= 0.3 is 6.03 Å². The maximum absolute atomic E-state index is 12.6. The number of imide groups is 1. The number of ether oxygens (including phenoxy) is 1. The number of nitrogens with one attached hydrogen (secondary N) is 1. The summed E-state index contributed by atoms with van der Waals surface area (Å²) in [6.45, 7) is 1.19. The molecule has 1 saturated heterocycles. The van der Waals surface area contributed by atoms with E-state index in [1.54, 1.807) is 43.3 Å². The van der Waals surface area contributed by atoms with Crippen molar-refractivity contribution in [2.24, 2.45) is 0 Å². The number of Topliss-reactive ketones (excluding diaryl/α,β-unsaturated/α-hetero) is 1. The van der Waals surface area contributed by atoms with Gasteiger partial charge in [0.25, 0.3) is 5.91 Å². The molecule has 1 aliphatic rings. The highest BCUT2D eigenvalue weighted by molar-refractivity contribution is 6.11. The molecule has 2 heterocycles. The maximum atomic E-state index is 12.6. The van der Waals surface area contributed by atoms with E-state index in [2.05, 4.69) is 5.32 Å². The molecule has 1 atom stereocenters. The van der Waals surface area contributed by atoms with Crippen LogP contribution >= 0.6 is 0 Å². The first kappa shape index (κ1) is 15.8. The minimum atomic E-state index is -1.31. The summed E-state index contributed by atoms with van der Waals surface area (Å²) in [5.74, 6) is -0.0459. The molecule has 7 heteroatoms. The first-order valence-electron chi connectivity index (χ1n) is 7.31. The summed E-state index contributed by atoms with van der Waals surface area (Å²) in [5.41, 5.74) is -0.948. The molecule has 0 bridgehead atoms. The molecule has 0 unspecified atom stereocenters. The molecule has 1 aromatic carbocycles. The van der Waals surface area contributed by atoms with Crippen LogP contribution in [0.2, 0.25) is 0 Å². The molecule has 24 heavy (non-hydrogen) atoms. The average molecular weight is 328 g/mol. The van der Waals surface area contributed by atoms with Crippen molar-refractivity contribution in [1.82, 2.24) is 10.2 Å².